The Bertz CT molecular complexity index is 1630. The summed E-state index contributed by atoms with van der Waals surface area (Å²) < 4.78 is 11.3. The topological polar surface area (TPSA) is 18.5 Å². The molecule has 45 heavy (non-hydrogen) atoms. The molecule has 0 aliphatic carbocycles. The second kappa shape index (κ2) is 19.1. The normalized spacial score (nSPS) is 11.7. The SMILES string of the molecule is CCOc1ccc(C)c(/C([S-])=C(/[S-])c2ccccc2CC)c1.CCOc1ccc(C)cc1/C([S-])=C(/[S-])c1ccccc1CC.[Ni]. The number of hydrogen-bond donors (Lipinski definition) is 0. The molecule has 0 amide bonds. The molecule has 0 saturated carbocycles. The van der Waals surface area contributed by atoms with Crippen molar-refractivity contribution in [2.45, 2.75) is 54.4 Å². The van der Waals surface area contributed by atoms with Gasteiger partial charge in [-0.2, -0.15) is 19.6 Å². The first-order chi connectivity index (χ1) is 21.2. The van der Waals surface area contributed by atoms with Gasteiger partial charge in [0.15, 0.2) is 0 Å². The minimum absolute atomic E-state index is 0. The summed E-state index contributed by atoms with van der Waals surface area (Å²) in [7, 11) is 0. The summed E-state index contributed by atoms with van der Waals surface area (Å²) in [6.45, 7) is 13.5. The summed E-state index contributed by atoms with van der Waals surface area (Å²) in [4.78, 5) is 2.86. The first-order valence-corrected chi connectivity index (χ1v) is 16.6. The average Bonchev–Trinajstić information content (AvgIpc) is 3.05. The maximum Gasteiger partial charge on any atom is 0.124 e. The monoisotopic (exact) mass is 714 g/mol. The van der Waals surface area contributed by atoms with Crippen molar-refractivity contribution in [3.63, 3.8) is 0 Å². The van der Waals surface area contributed by atoms with Gasteiger partial charge in [-0.05, 0) is 104 Å². The molecule has 0 unspecified atom stereocenters. The number of ether oxygens (including phenoxy) is 2. The van der Waals surface area contributed by atoms with Gasteiger partial charge in [0.2, 0.25) is 0 Å². The molecule has 0 radical (unpaired) electrons. The van der Waals surface area contributed by atoms with Gasteiger partial charge in [-0.3, -0.25) is 0 Å². The van der Waals surface area contributed by atoms with E-state index in [9.17, 15) is 0 Å². The summed E-state index contributed by atoms with van der Waals surface area (Å²) in [6.07, 6.45) is 1.88. The van der Waals surface area contributed by atoms with Crippen LogP contribution in [0.3, 0.4) is 0 Å². The third-order valence-corrected chi connectivity index (χ3v) is 9.10. The van der Waals surface area contributed by atoms with E-state index in [1.807, 2.05) is 94.4 Å². The molecule has 0 bridgehead atoms. The molecule has 0 atom stereocenters. The van der Waals surface area contributed by atoms with Crippen LogP contribution in [0, 0.1) is 13.8 Å². The van der Waals surface area contributed by atoms with Crippen molar-refractivity contribution in [1.29, 1.82) is 0 Å². The van der Waals surface area contributed by atoms with Crippen molar-refractivity contribution in [1.82, 2.24) is 0 Å². The van der Waals surface area contributed by atoms with Crippen molar-refractivity contribution in [3.05, 3.63) is 129 Å². The second-order valence-corrected chi connectivity index (χ2v) is 11.8. The molecular formula is C38H40NiO2S4-4. The van der Waals surface area contributed by atoms with E-state index < -0.39 is 0 Å². The molecule has 4 aromatic carbocycles. The van der Waals surface area contributed by atoms with E-state index in [0.29, 0.717) is 18.1 Å². The van der Waals surface area contributed by atoms with Crippen molar-refractivity contribution in [2.24, 2.45) is 0 Å². The molecule has 0 aliphatic rings. The Hall–Kier alpha value is -2.67. The van der Waals surface area contributed by atoms with Crippen LogP contribution in [-0.2, 0) is 79.8 Å². The van der Waals surface area contributed by atoms with E-state index in [1.54, 1.807) is 0 Å². The minimum atomic E-state index is 0. The average molecular weight is 716 g/mol. The molecule has 4 aromatic rings. The van der Waals surface area contributed by atoms with Crippen LogP contribution in [0.1, 0.15) is 72.2 Å². The Morgan fingerprint density at radius 3 is 1.53 bits per heavy atom. The maximum atomic E-state index is 5.71. The van der Waals surface area contributed by atoms with E-state index in [2.05, 4.69) is 32.0 Å². The van der Waals surface area contributed by atoms with Gasteiger partial charge in [0, 0.05) is 16.5 Å². The fourth-order valence-corrected chi connectivity index (χ4v) is 6.01. The van der Waals surface area contributed by atoms with Gasteiger partial charge in [-0.1, -0.05) is 80.1 Å². The van der Waals surface area contributed by atoms with Crippen LogP contribution >= 0.6 is 0 Å². The van der Waals surface area contributed by atoms with Gasteiger partial charge >= 0.3 is 0 Å². The van der Waals surface area contributed by atoms with E-state index in [0.717, 1.165) is 72.4 Å². The molecule has 0 saturated heterocycles. The number of hydrogen-bond acceptors (Lipinski definition) is 6. The van der Waals surface area contributed by atoms with E-state index in [-0.39, 0.29) is 16.5 Å². The van der Waals surface area contributed by atoms with Crippen LogP contribution in [0.2, 0.25) is 0 Å². The van der Waals surface area contributed by atoms with E-state index in [4.69, 9.17) is 60.0 Å². The van der Waals surface area contributed by atoms with Crippen LogP contribution in [-0.4, -0.2) is 13.2 Å². The Morgan fingerprint density at radius 2 is 1.02 bits per heavy atom. The summed E-state index contributed by atoms with van der Waals surface area (Å²) in [5.74, 6) is 1.63. The van der Waals surface area contributed by atoms with Crippen molar-refractivity contribution in [3.8, 4) is 11.5 Å². The zero-order valence-corrected chi connectivity index (χ0v) is 30.9. The quantitative estimate of drug-likeness (QED) is 0.0919. The van der Waals surface area contributed by atoms with Crippen LogP contribution < -0.4 is 9.47 Å². The zero-order chi connectivity index (χ0) is 32.2. The fraction of sp³-hybridized carbons (Fsp3) is 0.263. The maximum absolute atomic E-state index is 5.71. The smallest absolute Gasteiger partial charge is 0.124 e. The van der Waals surface area contributed by atoms with Crippen LogP contribution in [0.25, 0.3) is 19.6 Å². The Labute approximate surface area is 302 Å². The van der Waals surface area contributed by atoms with Gasteiger partial charge < -0.3 is 60.0 Å². The molecule has 0 aromatic heterocycles. The third-order valence-electron chi connectivity index (χ3n) is 7.14. The predicted molar refractivity (Wildman–Crippen MR) is 199 cm³/mol. The van der Waals surface area contributed by atoms with Gasteiger partial charge in [0.25, 0.3) is 0 Å². The third kappa shape index (κ3) is 10.2. The molecule has 0 fully saturated rings. The molecule has 4 rings (SSSR count). The summed E-state index contributed by atoms with van der Waals surface area (Å²) in [5, 5.41) is 0. The molecule has 0 aliphatic heterocycles. The molecule has 2 nitrogen and oxygen atoms in total. The van der Waals surface area contributed by atoms with Crippen molar-refractivity contribution < 1.29 is 26.0 Å². The van der Waals surface area contributed by atoms with Crippen LogP contribution in [0.5, 0.6) is 11.5 Å². The first kappa shape index (κ1) is 38.5. The molecule has 0 N–H and O–H groups in total. The summed E-state index contributed by atoms with van der Waals surface area (Å²) in [6, 6.07) is 28.4. The van der Waals surface area contributed by atoms with Crippen molar-refractivity contribution >= 4 is 70.1 Å². The number of benzene rings is 4. The van der Waals surface area contributed by atoms with E-state index in [1.165, 1.54) is 11.1 Å². The van der Waals surface area contributed by atoms with Crippen LogP contribution in [0.4, 0.5) is 0 Å². The minimum Gasteiger partial charge on any atom is -0.780 e. The summed E-state index contributed by atoms with van der Waals surface area (Å²) in [5.41, 5.74) is 8.72. The van der Waals surface area contributed by atoms with Gasteiger partial charge in [0.05, 0.1) is 13.2 Å². The van der Waals surface area contributed by atoms with Gasteiger partial charge in [-0.15, -0.1) is 0 Å². The van der Waals surface area contributed by atoms with Gasteiger partial charge in [-0.25, -0.2) is 0 Å². The van der Waals surface area contributed by atoms with Crippen molar-refractivity contribution in [2.75, 3.05) is 13.2 Å². The molecule has 242 valence electrons. The molecule has 0 spiro atoms. The van der Waals surface area contributed by atoms with Gasteiger partial charge in [0.1, 0.15) is 11.5 Å². The zero-order valence-electron chi connectivity index (χ0n) is 26.7. The molecule has 7 heteroatoms. The Morgan fingerprint density at radius 1 is 0.533 bits per heavy atom. The fourth-order valence-electron chi connectivity index (χ4n) is 4.79. The number of aryl methyl sites for hydroxylation is 4. The number of rotatable bonds is 10. The largest absolute Gasteiger partial charge is 0.780 e. The van der Waals surface area contributed by atoms with E-state index >= 15 is 0 Å². The molecular weight excluding hydrogens is 675 g/mol. The summed E-state index contributed by atoms with van der Waals surface area (Å²) >= 11 is 22.7. The Balaban J connectivity index is 0.000000307. The first-order valence-electron chi connectivity index (χ1n) is 15.0. The van der Waals surface area contributed by atoms with Crippen LogP contribution in [0.15, 0.2) is 84.9 Å². The Kier molecular flexibility index (Phi) is 16.3. The predicted octanol–water partition coefficient (Wildman–Crippen LogP) is 9.75. The molecule has 0 heterocycles. The standard InChI is InChI=1S/2C19H22OS2.Ni/c1-4-14-8-6-7-9-16(14)18(21)19(22)17-12-15(20-5-2)11-10-13(17)3;1-4-14-8-6-7-9-15(14)18(21)19(22)16-12-13(3)10-11-17(16)20-5-2;/h2*6-12,21-22H,4-5H2,1-3H3;/p-4/b2*19-18-;. The second-order valence-electron chi connectivity index (χ2n) is 10.2.